The summed E-state index contributed by atoms with van der Waals surface area (Å²) in [6.07, 6.45) is 0. The maximum absolute atomic E-state index is 11.4. The zero-order valence-corrected chi connectivity index (χ0v) is 9.07. The molecule has 0 rings (SSSR count). The summed E-state index contributed by atoms with van der Waals surface area (Å²) < 4.78 is 0. The van der Waals surface area contributed by atoms with Crippen molar-refractivity contribution < 1.29 is 24.9 Å². The molecule has 0 bridgehead atoms. The van der Waals surface area contributed by atoms with E-state index in [4.69, 9.17) is 15.3 Å². The predicted molar refractivity (Wildman–Crippen MR) is 55.7 cm³/mol. The van der Waals surface area contributed by atoms with Crippen molar-refractivity contribution >= 4 is 23.6 Å². The number of amides is 1. The molecule has 6 nitrogen and oxygen atoms in total. The zero-order valence-electron chi connectivity index (χ0n) is 8.26. The Morgan fingerprint density at radius 3 is 2.00 bits per heavy atom. The molecule has 0 saturated heterocycles. The summed E-state index contributed by atoms with van der Waals surface area (Å²) in [5.41, 5.74) is 0. The van der Waals surface area contributed by atoms with Gasteiger partial charge in [-0.1, -0.05) is 0 Å². The van der Waals surface area contributed by atoms with Crippen molar-refractivity contribution in [3.8, 4) is 0 Å². The Morgan fingerprint density at radius 1 is 1.07 bits per heavy atom. The number of carbonyl (C=O) groups excluding carboxylic acids is 1. The second kappa shape index (κ2) is 8.51. The Kier molecular flexibility index (Phi) is 8.06. The minimum absolute atomic E-state index is 0.0479. The first-order valence-corrected chi connectivity index (χ1v) is 5.56. The molecular formula is C8H15NO5S. The number of nitrogens with zero attached hydrogens (tertiary/aromatic N) is 1. The summed E-state index contributed by atoms with van der Waals surface area (Å²) in [4.78, 5) is 22.9. The van der Waals surface area contributed by atoms with Crippen LogP contribution in [0.4, 0.5) is 0 Å². The van der Waals surface area contributed by atoms with Crippen LogP contribution in [0.5, 0.6) is 0 Å². The molecule has 0 saturated carbocycles. The van der Waals surface area contributed by atoms with Crippen LogP contribution in [0.25, 0.3) is 0 Å². The normalized spacial score (nSPS) is 10.0. The van der Waals surface area contributed by atoms with Crippen molar-refractivity contribution in [1.29, 1.82) is 0 Å². The monoisotopic (exact) mass is 237 g/mol. The molecule has 0 aliphatic heterocycles. The van der Waals surface area contributed by atoms with Gasteiger partial charge in [-0.05, 0) is 0 Å². The molecule has 0 spiro atoms. The number of hydrogen-bond acceptors (Lipinski definition) is 5. The minimum Gasteiger partial charge on any atom is -0.481 e. The summed E-state index contributed by atoms with van der Waals surface area (Å²) in [5.74, 6) is -1.32. The highest BCUT2D eigenvalue weighted by molar-refractivity contribution is 8.00. The lowest BCUT2D eigenvalue weighted by Gasteiger charge is -2.20. The fourth-order valence-electron chi connectivity index (χ4n) is 0.920. The summed E-state index contributed by atoms with van der Waals surface area (Å²) in [7, 11) is 0. The Bertz CT molecular complexity index is 205. The van der Waals surface area contributed by atoms with E-state index in [-0.39, 0.29) is 43.7 Å². The van der Waals surface area contributed by atoms with E-state index in [0.717, 1.165) is 11.8 Å². The van der Waals surface area contributed by atoms with Gasteiger partial charge in [-0.3, -0.25) is 9.59 Å². The largest absolute Gasteiger partial charge is 0.481 e. The van der Waals surface area contributed by atoms with Gasteiger partial charge in [0.25, 0.3) is 0 Å². The van der Waals surface area contributed by atoms with Crippen LogP contribution in [-0.2, 0) is 9.59 Å². The van der Waals surface area contributed by atoms with Crippen molar-refractivity contribution in [2.75, 3.05) is 37.8 Å². The number of thioether (sulfide) groups is 1. The molecule has 0 atom stereocenters. The topological polar surface area (TPSA) is 98.1 Å². The lowest BCUT2D eigenvalue weighted by atomic mass is 10.4. The molecular weight excluding hydrogens is 222 g/mol. The van der Waals surface area contributed by atoms with Gasteiger partial charge in [-0.2, -0.15) is 0 Å². The molecule has 0 aliphatic carbocycles. The molecule has 0 unspecified atom stereocenters. The standard InChI is InChI=1S/C8H15NO5S/c10-3-1-9(2-4-11)7(12)5-15-6-8(13)14/h10-11H,1-6H2,(H,13,14). The van der Waals surface area contributed by atoms with Crippen LogP contribution in [-0.4, -0.2) is 69.9 Å². The summed E-state index contributed by atoms with van der Waals surface area (Å²) in [6.45, 7) is -0.0231. The van der Waals surface area contributed by atoms with Crippen LogP contribution in [0.15, 0.2) is 0 Å². The Balaban J connectivity index is 3.85. The van der Waals surface area contributed by atoms with Crippen LogP contribution in [0.3, 0.4) is 0 Å². The van der Waals surface area contributed by atoms with E-state index >= 15 is 0 Å². The first kappa shape index (κ1) is 14.2. The fraction of sp³-hybridized carbons (Fsp3) is 0.750. The molecule has 0 fully saturated rings. The van der Waals surface area contributed by atoms with Crippen LogP contribution in [0.1, 0.15) is 0 Å². The predicted octanol–water partition coefficient (Wildman–Crippen LogP) is -1.38. The van der Waals surface area contributed by atoms with E-state index in [2.05, 4.69) is 0 Å². The van der Waals surface area contributed by atoms with Crippen LogP contribution in [0, 0.1) is 0 Å². The number of rotatable bonds is 8. The van der Waals surface area contributed by atoms with Gasteiger partial charge in [0.15, 0.2) is 0 Å². The third-order valence-electron chi connectivity index (χ3n) is 1.54. The first-order chi connectivity index (χ1) is 7.11. The zero-order chi connectivity index (χ0) is 11.7. The molecule has 15 heavy (non-hydrogen) atoms. The van der Waals surface area contributed by atoms with Crippen LogP contribution in [0.2, 0.25) is 0 Å². The number of aliphatic carboxylic acids is 1. The molecule has 0 heterocycles. The summed E-state index contributed by atoms with van der Waals surface area (Å²) in [5, 5.41) is 25.6. The number of aliphatic hydroxyl groups excluding tert-OH is 2. The van der Waals surface area contributed by atoms with Crippen molar-refractivity contribution in [2.24, 2.45) is 0 Å². The lowest BCUT2D eigenvalue weighted by Crippen LogP contribution is -2.37. The number of carboxylic acid groups (broad SMARTS) is 1. The van der Waals surface area contributed by atoms with Crippen LogP contribution < -0.4 is 0 Å². The molecule has 0 aromatic rings. The molecule has 3 N–H and O–H groups in total. The molecule has 0 aromatic carbocycles. The van der Waals surface area contributed by atoms with Gasteiger partial charge in [0, 0.05) is 13.1 Å². The van der Waals surface area contributed by atoms with Crippen molar-refractivity contribution in [3.05, 3.63) is 0 Å². The smallest absolute Gasteiger partial charge is 0.313 e. The quantitative estimate of drug-likeness (QED) is 0.481. The van der Waals surface area contributed by atoms with E-state index < -0.39 is 5.97 Å². The maximum atomic E-state index is 11.4. The van der Waals surface area contributed by atoms with Gasteiger partial charge in [-0.25, -0.2) is 0 Å². The Labute approximate surface area is 91.9 Å². The van der Waals surface area contributed by atoms with Crippen molar-refractivity contribution in [2.45, 2.75) is 0 Å². The van der Waals surface area contributed by atoms with Gasteiger partial charge < -0.3 is 20.2 Å². The third kappa shape index (κ3) is 7.18. The lowest BCUT2D eigenvalue weighted by molar-refractivity contribution is -0.133. The molecule has 7 heteroatoms. The molecule has 0 radical (unpaired) electrons. The van der Waals surface area contributed by atoms with Crippen molar-refractivity contribution in [1.82, 2.24) is 4.90 Å². The maximum Gasteiger partial charge on any atom is 0.313 e. The van der Waals surface area contributed by atoms with E-state index in [1.807, 2.05) is 0 Å². The van der Waals surface area contributed by atoms with Gasteiger partial charge in [0.2, 0.25) is 5.91 Å². The van der Waals surface area contributed by atoms with Crippen molar-refractivity contribution in [3.63, 3.8) is 0 Å². The van der Waals surface area contributed by atoms with E-state index in [0.29, 0.717) is 0 Å². The Hall–Kier alpha value is -0.790. The molecule has 0 aliphatic rings. The first-order valence-electron chi connectivity index (χ1n) is 4.40. The van der Waals surface area contributed by atoms with Gasteiger partial charge in [0.1, 0.15) is 0 Å². The van der Waals surface area contributed by atoms with E-state index in [9.17, 15) is 9.59 Å². The van der Waals surface area contributed by atoms with Gasteiger partial charge >= 0.3 is 5.97 Å². The van der Waals surface area contributed by atoms with Gasteiger partial charge in [0.05, 0.1) is 24.7 Å². The highest BCUT2D eigenvalue weighted by atomic mass is 32.2. The average molecular weight is 237 g/mol. The Morgan fingerprint density at radius 2 is 1.60 bits per heavy atom. The molecule has 0 aromatic heterocycles. The number of hydrogen-bond donors (Lipinski definition) is 3. The summed E-state index contributed by atoms with van der Waals surface area (Å²) in [6, 6.07) is 0. The summed E-state index contributed by atoms with van der Waals surface area (Å²) >= 11 is 0.995. The number of aliphatic hydroxyl groups is 2. The van der Waals surface area contributed by atoms with Gasteiger partial charge in [-0.15, -0.1) is 11.8 Å². The highest BCUT2D eigenvalue weighted by Crippen LogP contribution is 2.02. The molecule has 1 amide bonds. The van der Waals surface area contributed by atoms with Crippen LogP contribution >= 0.6 is 11.8 Å². The molecule has 88 valence electrons. The second-order valence-corrected chi connectivity index (χ2v) is 3.70. The minimum atomic E-state index is -0.969. The van der Waals surface area contributed by atoms with E-state index in [1.54, 1.807) is 0 Å². The third-order valence-corrected chi connectivity index (χ3v) is 2.45. The fourth-order valence-corrected chi connectivity index (χ4v) is 1.55. The average Bonchev–Trinajstić information content (AvgIpc) is 2.16. The highest BCUT2D eigenvalue weighted by Gasteiger charge is 2.12. The van der Waals surface area contributed by atoms with E-state index in [1.165, 1.54) is 4.90 Å². The number of carboxylic acids is 1. The number of carbonyl (C=O) groups is 2. The second-order valence-electron chi connectivity index (χ2n) is 2.71. The SMILES string of the molecule is O=C(O)CSCC(=O)N(CCO)CCO.